The van der Waals surface area contributed by atoms with Gasteiger partial charge in [-0.3, -0.25) is 0 Å². The Morgan fingerprint density at radius 3 is 3.13 bits per heavy atom. The van der Waals surface area contributed by atoms with Gasteiger partial charge in [-0.2, -0.15) is 0 Å². The number of aromatic nitrogens is 2. The molecular formula is C11H17ClN2O. The van der Waals surface area contributed by atoms with Gasteiger partial charge in [0.1, 0.15) is 5.82 Å². The van der Waals surface area contributed by atoms with Crippen LogP contribution in [-0.2, 0) is 17.7 Å². The smallest absolute Gasteiger partial charge is 0.150 e. The van der Waals surface area contributed by atoms with Crippen LogP contribution in [0.3, 0.4) is 0 Å². The van der Waals surface area contributed by atoms with Crippen molar-refractivity contribution in [1.82, 2.24) is 9.55 Å². The molecule has 0 bridgehead atoms. The number of hydrogen-bond acceptors (Lipinski definition) is 2. The van der Waals surface area contributed by atoms with Crippen molar-refractivity contribution in [2.45, 2.75) is 38.6 Å². The number of halogens is 1. The normalized spacial score (nSPS) is 20.3. The Hall–Kier alpha value is -0.540. The van der Waals surface area contributed by atoms with Gasteiger partial charge in [0, 0.05) is 20.1 Å². The molecule has 1 aliphatic rings. The van der Waals surface area contributed by atoms with E-state index in [1.165, 1.54) is 18.5 Å². The Morgan fingerprint density at radius 1 is 1.60 bits per heavy atom. The highest BCUT2D eigenvalue weighted by molar-refractivity contribution is 6.30. The van der Waals surface area contributed by atoms with Gasteiger partial charge in [0.15, 0.2) is 5.15 Å². The van der Waals surface area contributed by atoms with Gasteiger partial charge in [-0.15, -0.1) is 0 Å². The Morgan fingerprint density at radius 2 is 2.40 bits per heavy atom. The molecule has 0 spiro atoms. The van der Waals surface area contributed by atoms with Gasteiger partial charge in [0.25, 0.3) is 0 Å². The summed E-state index contributed by atoms with van der Waals surface area (Å²) in [6.07, 6.45) is 3.29. The van der Waals surface area contributed by atoms with E-state index in [0.29, 0.717) is 17.7 Å². The van der Waals surface area contributed by atoms with Crippen LogP contribution in [0, 0.1) is 0 Å². The van der Waals surface area contributed by atoms with E-state index in [2.05, 4.69) is 16.5 Å². The number of nitrogens with zero attached hydrogens (tertiary/aromatic N) is 2. The van der Waals surface area contributed by atoms with Crippen molar-refractivity contribution in [2.24, 2.45) is 0 Å². The maximum absolute atomic E-state index is 6.16. The predicted octanol–water partition coefficient (Wildman–Crippen LogP) is 2.62. The molecule has 0 aromatic carbocycles. The highest BCUT2D eigenvalue weighted by Gasteiger charge is 2.23. The van der Waals surface area contributed by atoms with E-state index in [9.17, 15) is 0 Å². The second-order valence-corrected chi connectivity index (χ2v) is 4.50. The second-order valence-electron chi connectivity index (χ2n) is 4.14. The largest absolute Gasteiger partial charge is 0.384 e. The second kappa shape index (κ2) is 4.54. The zero-order valence-electron chi connectivity index (χ0n) is 9.29. The molecule has 2 heterocycles. The summed E-state index contributed by atoms with van der Waals surface area (Å²) in [5.41, 5.74) is 1.22. The number of ether oxygens (including phenoxy) is 1. The molecule has 0 fully saturated rings. The van der Waals surface area contributed by atoms with Crippen LogP contribution >= 0.6 is 11.6 Å². The molecule has 1 atom stereocenters. The molecule has 15 heavy (non-hydrogen) atoms. The van der Waals surface area contributed by atoms with Crippen molar-refractivity contribution in [3.8, 4) is 0 Å². The molecular weight excluding hydrogens is 212 g/mol. The van der Waals surface area contributed by atoms with Crippen molar-refractivity contribution in [2.75, 3.05) is 13.7 Å². The lowest BCUT2D eigenvalue weighted by Crippen LogP contribution is -2.16. The van der Waals surface area contributed by atoms with Crippen molar-refractivity contribution in [1.29, 1.82) is 0 Å². The molecule has 0 amide bonds. The van der Waals surface area contributed by atoms with Gasteiger partial charge < -0.3 is 9.30 Å². The van der Waals surface area contributed by atoms with Gasteiger partial charge in [0.2, 0.25) is 0 Å². The van der Waals surface area contributed by atoms with E-state index < -0.39 is 0 Å². The molecule has 0 saturated heterocycles. The molecule has 84 valence electrons. The molecule has 4 heteroatoms. The summed E-state index contributed by atoms with van der Waals surface area (Å²) in [5.74, 6) is 1.61. The van der Waals surface area contributed by atoms with Crippen molar-refractivity contribution in [3.63, 3.8) is 0 Å². The van der Waals surface area contributed by atoms with E-state index in [1.807, 2.05) is 0 Å². The predicted molar refractivity (Wildman–Crippen MR) is 60.5 cm³/mol. The van der Waals surface area contributed by atoms with Gasteiger partial charge in [0.05, 0.1) is 12.3 Å². The summed E-state index contributed by atoms with van der Waals surface area (Å²) in [7, 11) is 1.71. The third kappa shape index (κ3) is 2.04. The number of fused-ring (bicyclic) bond motifs is 1. The van der Waals surface area contributed by atoms with Crippen molar-refractivity contribution in [3.05, 3.63) is 16.7 Å². The third-order valence-corrected chi connectivity index (χ3v) is 3.33. The first-order chi connectivity index (χ1) is 7.24. The van der Waals surface area contributed by atoms with Crippen LogP contribution in [0.2, 0.25) is 5.15 Å². The first kappa shape index (κ1) is 11.0. The summed E-state index contributed by atoms with van der Waals surface area (Å²) < 4.78 is 7.35. The number of imidazole rings is 1. The Labute approximate surface area is 95.4 Å². The molecule has 3 nitrogen and oxygen atoms in total. The lowest BCUT2D eigenvalue weighted by molar-refractivity contribution is 0.199. The third-order valence-electron chi connectivity index (χ3n) is 3.06. The monoisotopic (exact) mass is 228 g/mol. The molecule has 1 aromatic heterocycles. The van der Waals surface area contributed by atoms with Crippen LogP contribution in [0.25, 0.3) is 0 Å². The quantitative estimate of drug-likeness (QED) is 0.795. The van der Waals surface area contributed by atoms with Gasteiger partial charge in [-0.05, 0) is 18.8 Å². The number of hydrogen-bond donors (Lipinski definition) is 0. The molecule has 0 saturated carbocycles. The van der Waals surface area contributed by atoms with Gasteiger partial charge in [-0.25, -0.2) is 4.98 Å². The fourth-order valence-electron chi connectivity index (χ4n) is 2.28. The average Bonchev–Trinajstić information content (AvgIpc) is 2.54. The van der Waals surface area contributed by atoms with E-state index in [4.69, 9.17) is 16.3 Å². The van der Waals surface area contributed by atoms with E-state index in [0.717, 1.165) is 18.8 Å². The van der Waals surface area contributed by atoms with Crippen LogP contribution in [0.1, 0.15) is 37.2 Å². The molecule has 2 rings (SSSR count). The summed E-state index contributed by atoms with van der Waals surface area (Å²) in [6.45, 7) is 3.98. The minimum atomic E-state index is 0.537. The Balaban J connectivity index is 2.29. The Bertz CT molecular complexity index is 349. The van der Waals surface area contributed by atoms with E-state index >= 15 is 0 Å². The zero-order valence-corrected chi connectivity index (χ0v) is 10.0. The van der Waals surface area contributed by atoms with Crippen molar-refractivity contribution >= 4 is 11.6 Å². The highest BCUT2D eigenvalue weighted by Crippen LogP contribution is 2.33. The molecule has 0 N–H and O–H groups in total. The van der Waals surface area contributed by atoms with E-state index in [-0.39, 0.29) is 0 Å². The standard InChI is InChI=1S/C11H17ClN2O/c1-8-4-3-6-14-9(5-7-15-2)13-11(12)10(8)14/h8H,3-7H2,1-2H3. The van der Waals surface area contributed by atoms with E-state index in [1.54, 1.807) is 7.11 Å². The first-order valence-corrected chi connectivity index (χ1v) is 5.85. The summed E-state index contributed by atoms with van der Waals surface area (Å²) in [6, 6.07) is 0. The van der Waals surface area contributed by atoms with Crippen LogP contribution in [0.4, 0.5) is 0 Å². The molecule has 0 aliphatic carbocycles. The molecule has 1 aromatic rings. The number of rotatable bonds is 3. The van der Waals surface area contributed by atoms with Crippen LogP contribution in [-0.4, -0.2) is 23.3 Å². The maximum Gasteiger partial charge on any atom is 0.150 e. The summed E-state index contributed by atoms with van der Waals surface area (Å²) in [5, 5.41) is 0.688. The van der Waals surface area contributed by atoms with Crippen molar-refractivity contribution < 1.29 is 4.74 Å². The SMILES string of the molecule is COCCc1nc(Cl)c2n1CCCC2C. The van der Waals surface area contributed by atoms with Crippen LogP contribution in [0.5, 0.6) is 0 Å². The highest BCUT2D eigenvalue weighted by atomic mass is 35.5. The lowest BCUT2D eigenvalue weighted by atomic mass is 9.98. The molecule has 1 aliphatic heterocycles. The van der Waals surface area contributed by atoms with Gasteiger partial charge >= 0.3 is 0 Å². The summed E-state index contributed by atoms with van der Waals surface area (Å²) in [4.78, 5) is 4.43. The first-order valence-electron chi connectivity index (χ1n) is 5.47. The molecule has 0 radical (unpaired) electrons. The van der Waals surface area contributed by atoms with Crippen LogP contribution in [0.15, 0.2) is 0 Å². The lowest BCUT2D eigenvalue weighted by Gasteiger charge is -2.22. The van der Waals surface area contributed by atoms with Gasteiger partial charge in [-0.1, -0.05) is 18.5 Å². The van der Waals surface area contributed by atoms with Crippen LogP contribution < -0.4 is 0 Å². The number of methoxy groups -OCH3 is 1. The Kier molecular flexibility index (Phi) is 3.32. The maximum atomic E-state index is 6.16. The fraction of sp³-hybridized carbons (Fsp3) is 0.727. The molecule has 1 unspecified atom stereocenters. The fourth-order valence-corrected chi connectivity index (χ4v) is 2.66. The topological polar surface area (TPSA) is 27.1 Å². The minimum absolute atomic E-state index is 0.537. The average molecular weight is 229 g/mol. The summed E-state index contributed by atoms with van der Waals surface area (Å²) >= 11 is 6.16. The zero-order chi connectivity index (χ0) is 10.8. The minimum Gasteiger partial charge on any atom is -0.384 e.